The van der Waals surface area contributed by atoms with Crippen molar-refractivity contribution in [1.82, 2.24) is 10.6 Å². The van der Waals surface area contributed by atoms with Gasteiger partial charge in [0.25, 0.3) is 0 Å². The number of rotatable bonds is 5. The number of hydrogen-bond donors (Lipinski definition) is 3. The zero-order valence-electron chi connectivity index (χ0n) is 13.7. The predicted molar refractivity (Wildman–Crippen MR) is 93.7 cm³/mol. The van der Waals surface area contributed by atoms with Crippen LogP contribution in [0.4, 0.5) is 0 Å². The second kappa shape index (κ2) is 7.24. The molecule has 0 aromatic heterocycles. The van der Waals surface area contributed by atoms with Crippen LogP contribution in [0.1, 0.15) is 37.7 Å². The molecule has 2 unspecified atom stereocenters. The number of thioether (sulfide) groups is 1. The standard InChI is InChI=1S/C18H26N2O2S/c1-13-4-6-15(7-5-13)23-18(8-2-3-9-18)12-20-17(22)16-10-14(21)11-19-16/h4-7,14,16,19,21H,2-3,8-12H2,1H3,(H,20,22). The topological polar surface area (TPSA) is 61.4 Å². The molecule has 0 spiro atoms. The van der Waals surface area contributed by atoms with Gasteiger partial charge in [0.2, 0.25) is 5.91 Å². The van der Waals surface area contributed by atoms with E-state index in [9.17, 15) is 9.90 Å². The number of aliphatic hydroxyl groups excluding tert-OH is 1. The van der Waals surface area contributed by atoms with Crippen LogP contribution in [0.5, 0.6) is 0 Å². The summed E-state index contributed by atoms with van der Waals surface area (Å²) in [5, 5.41) is 15.8. The molecule has 4 nitrogen and oxygen atoms in total. The average Bonchev–Trinajstić information content (AvgIpc) is 3.17. The molecule has 1 aromatic carbocycles. The van der Waals surface area contributed by atoms with Crippen LogP contribution in [0.15, 0.2) is 29.2 Å². The molecule has 1 saturated carbocycles. The van der Waals surface area contributed by atoms with E-state index in [1.807, 2.05) is 11.8 Å². The minimum absolute atomic E-state index is 0.0253. The van der Waals surface area contributed by atoms with E-state index in [0.717, 1.165) is 12.8 Å². The van der Waals surface area contributed by atoms with Crippen LogP contribution >= 0.6 is 11.8 Å². The number of β-amino-alcohol motifs (C(OH)–C–C–N with tert-alkyl or cyclic N) is 1. The van der Waals surface area contributed by atoms with Crippen molar-refractivity contribution >= 4 is 17.7 Å². The second-order valence-corrected chi connectivity index (χ2v) is 8.41. The first-order valence-electron chi connectivity index (χ1n) is 8.51. The summed E-state index contributed by atoms with van der Waals surface area (Å²) in [7, 11) is 0. The Labute approximate surface area is 142 Å². The van der Waals surface area contributed by atoms with Crippen molar-refractivity contribution < 1.29 is 9.90 Å². The van der Waals surface area contributed by atoms with E-state index in [4.69, 9.17) is 0 Å². The van der Waals surface area contributed by atoms with Crippen LogP contribution < -0.4 is 10.6 Å². The predicted octanol–water partition coefficient (Wildman–Crippen LogP) is 2.24. The molecular formula is C18H26N2O2S. The summed E-state index contributed by atoms with van der Waals surface area (Å²) < 4.78 is 0.113. The summed E-state index contributed by atoms with van der Waals surface area (Å²) in [6, 6.07) is 8.40. The van der Waals surface area contributed by atoms with Crippen LogP contribution in [0.3, 0.4) is 0 Å². The first-order valence-corrected chi connectivity index (χ1v) is 9.33. The lowest BCUT2D eigenvalue weighted by Gasteiger charge is -2.29. The minimum atomic E-state index is -0.395. The fraction of sp³-hybridized carbons (Fsp3) is 0.611. The van der Waals surface area contributed by atoms with Gasteiger partial charge in [0.15, 0.2) is 0 Å². The Morgan fingerprint density at radius 2 is 2.04 bits per heavy atom. The van der Waals surface area contributed by atoms with E-state index in [0.29, 0.717) is 19.5 Å². The van der Waals surface area contributed by atoms with Gasteiger partial charge in [-0.3, -0.25) is 4.79 Å². The highest BCUT2D eigenvalue weighted by molar-refractivity contribution is 8.00. The third-order valence-electron chi connectivity index (χ3n) is 4.88. The summed E-state index contributed by atoms with van der Waals surface area (Å²) in [5.74, 6) is 0.0253. The number of carbonyl (C=O) groups excluding carboxylic acids is 1. The molecule has 1 aliphatic heterocycles. The van der Waals surface area contributed by atoms with E-state index >= 15 is 0 Å². The molecule has 2 aliphatic rings. The maximum atomic E-state index is 12.3. The quantitative estimate of drug-likeness (QED) is 0.773. The van der Waals surface area contributed by atoms with Crippen LogP contribution in [-0.4, -0.2) is 41.0 Å². The van der Waals surface area contributed by atoms with Gasteiger partial charge < -0.3 is 15.7 Å². The second-order valence-electron chi connectivity index (χ2n) is 6.87. The Hall–Kier alpha value is -1.04. The minimum Gasteiger partial charge on any atom is -0.392 e. The lowest BCUT2D eigenvalue weighted by atomic mass is 10.1. The van der Waals surface area contributed by atoms with Crippen molar-refractivity contribution in [2.45, 2.75) is 60.8 Å². The van der Waals surface area contributed by atoms with E-state index in [1.54, 1.807) is 0 Å². The third-order valence-corrected chi connectivity index (χ3v) is 6.37. The number of benzene rings is 1. The van der Waals surface area contributed by atoms with Gasteiger partial charge in [-0.25, -0.2) is 0 Å². The van der Waals surface area contributed by atoms with Crippen molar-refractivity contribution in [2.75, 3.05) is 13.1 Å². The van der Waals surface area contributed by atoms with Gasteiger partial charge in [-0.1, -0.05) is 30.5 Å². The third kappa shape index (κ3) is 4.28. The van der Waals surface area contributed by atoms with E-state index < -0.39 is 6.10 Å². The molecule has 1 amide bonds. The highest BCUT2D eigenvalue weighted by Gasteiger charge is 2.36. The molecule has 126 valence electrons. The molecule has 2 atom stereocenters. The summed E-state index contributed by atoms with van der Waals surface area (Å²) >= 11 is 1.91. The molecule has 3 rings (SSSR count). The number of carbonyl (C=O) groups is 1. The largest absolute Gasteiger partial charge is 0.392 e. The van der Waals surface area contributed by atoms with Gasteiger partial charge in [0.05, 0.1) is 12.1 Å². The lowest BCUT2D eigenvalue weighted by molar-refractivity contribution is -0.123. The fourth-order valence-electron chi connectivity index (χ4n) is 3.48. The maximum Gasteiger partial charge on any atom is 0.237 e. The number of hydrogen-bond acceptors (Lipinski definition) is 4. The number of aryl methyl sites for hydroxylation is 1. The first kappa shape index (κ1) is 16.8. The zero-order chi connectivity index (χ0) is 16.3. The first-order chi connectivity index (χ1) is 11.1. The highest BCUT2D eigenvalue weighted by Crippen LogP contribution is 2.44. The Kier molecular flexibility index (Phi) is 5.29. The molecule has 2 fully saturated rings. The van der Waals surface area contributed by atoms with E-state index in [2.05, 4.69) is 41.8 Å². The lowest BCUT2D eigenvalue weighted by Crippen LogP contribution is -2.46. The van der Waals surface area contributed by atoms with Gasteiger partial charge >= 0.3 is 0 Å². The van der Waals surface area contributed by atoms with Crippen molar-refractivity contribution in [2.24, 2.45) is 0 Å². The molecule has 1 heterocycles. The van der Waals surface area contributed by atoms with E-state index in [-0.39, 0.29) is 16.7 Å². The van der Waals surface area contributed by atoms with Gasteiger partial charge in [0, 0.05) is 22.7 Å². The number of amides is 1. The number of nitrogens with one attached hydrogen (secondary N) is 2. The molecule has 23 heavy (non-hydrogen) atoms. The monoisotopic (exact) mass is 334 g/mol. The van der Waals surface area contributed by atoms with Crippen LogP contribution in [0, 0.1) is 6.92 Å². The highest BCUT2D eigenvalue weighted by atomic mass is 32.2. The summed E-state index contributed by atoms with van der Waals surface area (Å²) in [5.41, 5.74) is 1.27. The molecule has 3 N–H and O–H groups in total. The molecule has 0 bridgehead atoms. The van der Waals surface area contributed by atoms with Gasteiger partial charge in [0.1, 0.15) is 0 Å². The van der Waals surface area contributed by atoms with E-state index in [1.165, 1.54) is 23.3 Å². The smallest absolute Gasteiger partial charge is 0.237 e. The van der Waals surface area contributed by atoms with Crippen molar-refractivity contribution in [1.29, 1.82) is 0 Å². The summed E-state index contributed by atoms with van der Waals surface area (Å²) in [6.45, 7) is 3.32. The van der Waals surface area contributed by atoms with Gasteiger partial charge in [-0.05, 0) is 38.3 Å². The summed E-state index contributed by atoms with van der Waals surface area (Å²) in [4.78, 5) is 13.6. The van der Waals surface area contributed by atoms with Gasteiger partial charge in [-0.2, -0.15) is 0 Å². The van der Waals surface area contributed by atoms with Crippen molar-refractivity contribution in [3.8, 4) is 0 Å². The van der Waals surface area contributed by atoms with Crippen molar-refractivity contribution in [3.05, 3.63) is 29.8 Å². The zero-order valence-corrected chi connectivity index (χ0v) is 14.5. The molecular weight excluding hydrogens is 308 g/mol. The molecule has 1 aliphatic carbocycles. The summed E-state index contributed by atoms with van der Waals surface area (Å²) in [6.07, 6.45) is 4.88. The van der Waals surface area contributed by atoms with Gasteiger partial charge in [-0.15, -0.1) is 11.8 Å². The number of aliphatic hydroxyl groups is 1. The SMILES string of the molecule is Cc1ccc(SC2(CNC(=O)C3CC(O)CN3)CCCC2)cc1. The average molecular weight is 334 g/mol. The Bertz CT molecular complexity index is 540. The normalized spacial score (nSPS) is 26.3. The van der Waals surface area contributed by atoms with Crippen LogP contribution in [-0.2, 0) is 4.79 Å². The molecule has 1 aromatic rings. The van der Waals surface area contributed by atoms with Crippen molar-refractivity contribution in [3.63, 3.8) is 0 Å². The molecule has 1 saturated heterocycles. The Morgan fingerprint density at radius 1 is 1.35 bits per heavy atom. The Balaban J connectivity index is 1.59. The Morgan fingerprint density at radius 3 is 2.65 bits per heavy atom. The molecule has 0 radical (unpaired) electrons. The van der Waals surface area contributed by atoms with Crippen LogP contribution in [0.2, 0.25) is 0 Å². The maximum absolute atomic E-state index is 12.3. The fourth-order valence-corrected chi connectivity index (χ4v) is 4.89. The molecule has 5 heteroatoms. The van der Waals surface area contributed by atoms with Crippen LogP contribution in [0.25, 0.3) is 0 Å².